The standard InChI is InChI=1S/C18H34N2O4/c1-6-23-16-10-14(11-16)19-13(2)9-15-12-22-8-7-20(15)17(21)24-18(3,4)5/h13-16,19H,6-12H2,1-5H3. The van der Waals surface area contributed by atoms with E-state index in [9.17, 15) is 4.79 Å². The lowest BCUT2D eigenvalue weighted by Crippen LogP contribution is -2.54. The molecule has 1 saturated heterocycles. The average molecular weight is 342 g/mol. The molecule has 0 radical (unpaired) electrons. The summed E-state index contributed by atoms with van der Waals surface area (Å²) in [4.78, 5) is 14.3. The summed E-state index contributed by atoms with van der Waals surface area (Å²) in [5.74, 6) is 0. The van der Waals surface area contributed by atoms with E-state index in [-0.39, 0.29) is 12.1 Å². The van der Waals surface area contributed by atoms with Crippen LogP contribution in [0.2, 0.25) is 0 Å². The number of rotatable bonds is 6. The summed E-state index contributed by atoms with van der Waals surface area (Å²) < 4.78 is 16.7. The third-order valence-electron chi connectivity index (χ3n) is 4.50. The molecule has 2 aliphatic rings. The van der Waals surface area contributed by atoms with E-state index in [0.717, 1.165) is 25.9 Å². The zero-order valence-corrected chi connectivity index (χ0v) is 15.8. The van der Waals surface area contributed by atoms with Crippen LogP contribution in [0.1, 0.15) is 53.9 Å². The van der Waals surface area contributed by atoms with E-state index in [4.69, 9.17) is 14.2 Å². The second kappa shape index (κ2) is 8.50. The third-order valence-corrected chi connectivity index (χ3v) is 4.50. The molecule has 1 aliphatic carbocycles. The normalized spacial score (nSPS) is 29.0. The van der Waals surface area contributed by atoms with Crippen LogP contribution in [-0.2, 0) is 14.2 Å². The van der Waals surface area contributed by atoms with E-state index in [1.54, 1.807) is 0 Å². The molecule has 0 aromatic rings. The predicted molar refractivity (Wildman–Crippen MR) is 93.2 cm³/mol. The zero-order chi connectivity index (χ0) is 17.7. The number of nitrogens with zero attached hydrogens (tertiary/aromatic N) is 1. The first kappa shape index (κ1) is 19.5. The van der Waals surface area contributed by atoms with Gasteiger partial charge in [-0.2, -0.15) is 0 Å². The number of carbonyl (C=O) groups is 1. The van der Waals surface area contributed by atoms with Crippen LogP contribution in [0.15, 0.2) is 0 Å². The van der Waals surface area contributed by atoms with Crippen LogP contribution in [0.25, 0.3) is 0 Å². The molecule has 140 valence electrons. The predicted octanol–water partition coefficient (Wildman–Crippen LogP) is 2.56. The molecule has 1 saturated carbocycles. The Morgan fingerprint density at radius 1 is 1.38 bits per heavy atom. The van der Waals surface area contributed by atoms with Crippen LogP contribution in [0.3, 0.4) is 0 Å². The quantitative estimate of drug-likeness (QED) is 0.804. The number of nitrogens with one attached hydrogen (secondary N) is 1. The van der Waals surface area contributed by atoms with Gasteiger partial charge in [-0.25, -0.2) is 4.79 Å². The topological polar surface area (TPSA) is 60.0 Å². The Bertz CT molecular complexity index is 404. The van der Waals surface area contributed by atoms with Crippen molar-refractivity contribution in [2.75, 3.05) is 26.4 Å². The zero-order valence-electron chi connectivity index (χ0n) is 15.8. The molecule has 6 heteroatoms. The first-order valence-electron chi connectivity index (χ1n) is 9.23. The maximum atomic E-state index is 12.4. The summed E-state index contributed by atoms with van der Waals surface area (Å²) in [6.07, 6.45) is 3.21. The van der Waals surface area contributed by atoms with Gasteiger partial charge in [-0.15, -0.1) is 0 Å². The Morgan fingerprint density at radius 3 is 2.71 bits per heavy atom. The molecule has 1 N–H and O–H groups in total. The molecular formula is C18H34N2O4. The second-order valence-corrected chi connectivity index (χ2v) is 7.95. The van der Waals surface area contributed by atoms with Gasteiger partial charge in [0.2, 0.25) is 0 Å². The van der Waals surface area contributed by atoms with Gasteiger partial charge >= 0.3 is 6.09 Å². The van der Waals surface area contributed by atoms with E-state index in [1.807, 2.05) is 32.6 Å². The second-order valence-electron chi connectivity index (χ2n) is 7.95. The molecule has 0 spiro atoms. The Labute approximate surface area is 146 Å². The first-order chi connectivity index (χ1) is 11.3. The highest BCUT2D eigenvalue weighted by Crippen LogP contribution is 2.25. The smallest absolute Gasteiger partial charge is 0.410 e. The van der Waals surface area contributed by atoms with Crippen LogP contribution in [-0.4, -0.2) is 67.2 Å². The monoisotopic (exact) mass is 342 g/mol. The van der Waals surface area contributed by atoms with Crippen molar-refractivity contribution in [2.24, 2.45) is 0 Å². The van der Waals surface area contributed by atoms with Gasteiger partial charge in [0.15, 0.2) is 0 Å². The lowest BCUT2D eigenvalue weighted by Gasteiger charge is -2.40. The van der Waals surface area contributed by atoms with Gasteiger partial charge in [0.25, 0.3) is 0 Å². The van der Waals surface area contributed by atoms with Gasteiger partial charge in [-0.05, 0) is 53.9 Å². The van der Waals surface area contributed by atoms with Crippen molar-refractivity contribution in [2.45, 2.75) is 83.7 Å². The van der Waals surface area contributed by atoms with Crippen molar-refractivity contribution in [3.05, 3.63) is 0 Å². The fourth-order valence-corrected chi connectivity index (χ4v) is 3.36. The van der Waals surface area contributed by atoms with Gasteiger partial charge in [0, 0.05) is 25.2 Å². The Morgan fingerprint density at radius 2 is 2.08 bits per heavy atom. The van der Waals surface area contributed by atoms with Gasteiger partial charge in [-0.3, -0.25) is 0 Å². The van der Waals surface area contributed by atoms with Crippen LogP contribution in [0.4, 0.5) is 4.79 Å². The molecule has 0 aromatic carbocycles. The molecule has 1 aliphatic heterocycles. The summed E-state index contributed by atoms with van der Waals surface area (Å²) in [5.41, 5.74) is -0.468. The highest BCUT2D eigenvalue weighted by Gasteiger charge is 2.34. The molecule has 0 aromatic heterocycles. The molecule has 0 bridgehead atoms. The number of hydrogen-bond donors (Lipinski definition) is 1. The van der Waals surface area contributed by atoms with E-state index in [0.29, 0.717) is 37.9 Å². The van der Waals surface area contributed by atoms with E-state index >= 15 is 0 Å². The van der Waals surface area contributed by atoms with Crippen molar-refractivity contribution in [3.8, 4) is 0 Å². The highest BCUT2D eigenvalue weighted by atomic mass is 16.6. The van der Waals surface area contributed by atoms with Gasteiger partial charge < -0.3 is 24.4 Å². The van der Waals surface area contributed by atoms with Crippen molar-refractivity contribution in [1.82, 2.24) is 10.2 Å². The maximum Gasteiger partial charge on any atom is 0.410 e. The molecule has 2 unspecified atom stereocenters. The summed E-state index contributed by atoms with van der Waals surface area (Å²) in [6, 6.07) is 0.920. The minimum Gasteiger partial charge on any atom is -0.444 e. The molecule has 6 nitrogen and oxygen atoms in total. The van der Waals surface area contributed by atoms with Crippen LogP contribution < -0.4 is 5.32 Å². The van der Waals surface area contributed by atoms with Crippen molar-refractivity contribution >= 4 is 6.09 Å². The Hall–Kier alpha value is -0.850. The minimum atomic E-state index is -0.468. The van der Waals surface area contributed by atoms with E-state index < -0.39 is 5.60 Å². The number of hydrogen-bond acceptors (Lipinski definition) is 5. The van der Waals surface area contributed by atoms with Crippen LogP contribution in [0, 0.1) is 0 Å². The SMILES string of the molecule is CCOC1CC(NC(C)CC2COCCN2C(=O)OC(C)(C)C)C1. The van der Waals surface area contributed by atoms with Crippen molar-refractivity contribution < 1.29 is 19.0 Å². The number of amides is 1. The van der Waals surface area contributed by atoms with Gasteiger partial charge in [-0.1, -0.05) is 0 Å². The first-order valence-corrected chi connectivity index (χ1v) is 9.23. The molecule has 2 rings (SSSR count). The van der Waals surface area contributed by atoms with Crippen LogP contribution >= 0.6 is 0 Å². The van der Waals surface area contributed by atoms with Gasteiger partial charge in [0.05, 0.1) is 25.4 Å². The fraction of sp³-hybridized carbons (Fsp3) is 0.944. The molecule has 1 heterocycles. The van der Waals surface area contributed by atoms with Crippen LogP contribution in [0.5, 0.6) is 0 Å². The summed E-state index contributed by atoms with van der Waals surface area (Å²) in [7, 11) is 0. The molecular weight excluding hydrogens is 308 g/mol. The maximum absolute atomic E-state index is 12.4. The lowest BCUT2D eigenvalue weighted by molar-refractivity contribution is -0.0380. The molecule has 2 fully saturated rings. The molecule has 2 atom stereocenters. The van der Waals surface area contributed by atoms with Crippen molar-refractivity contribution in [3.63, 3.8) is 0 Å². The van der Waals surface area contributed by atoms with E-state index in [2.05, 4.69) is 12.2 Å². The molecule has 24 heavy (non-hydrogen) atoms. The minimum absolute atomic E-state index is 0.0684. The average Bonchev–Trinajstić information content (AvgIpc) is 2.43. The number of morpholine rings is 1. The van der Waals surface area contributed by atoms with Gasteiger partial charge in [0.1, 0.15) is 5.60 Å². The number of ether oxygens (including phenoxy) is 3. The summed E-state index contributed by atoms with van der Waals surface area (Å²) in [6.45, 7) is 12.5. The Kier molecular flexibility index (Phi) is 6.89. The largest absolute Gasteiger partial charge is 0.444 e. The lowest BCUT2D eigenvalue weighted by atomic mass is 9.88. The summed E-state index contributed by atoms with van der Waals surface area (Å²) in [5, 5.41) is 3.65. The Balaban J connectivity index is 1.79. The van der Waals surface area contributed by atoms with E-state index in [1.165, 1.54) is 0 Å². The molecule has 1 amide bonds. The fourth-order valence-electron chi connectivity index (χ4n) is 3.36. The number of carbonyl (C=O) groups excluding carboxylic acids is 1. The van der Waals surface area contributed by atoms with Crippen molar-refractivity contribution in [1.29, 1.82) is 0 Å². The third kappa shape index (κ3) is 5.90. The highest BCUT2D eigenvalue weighted by molar-refractivity contribution is 5.68. The summed E-state index contributed by atoms with van der Waals surface area (Å²) >= 11 is 0.